The maximum absolute atomic E-state index is 13.0. The number of rotatable bonds is 5. The van der Waals surface area contributed by atoms with E-state index in [-0.39, 0.29) is 5.02 Å². The SMILES string of the molecule is CCc1ccc(C(=O)OCC(=O)Nc2ccc(F)c(Cl)c2)cc1. The Morgan fingerprint density at radius 2 is 1.87 bits per heavy atom. The van der Waals surface area contributed by atoms with E-state index in [1.54, 1.807) is 12.1 Å². The molecule has 2 aromatic rings. The lowest BCUT2D eigenvalue weighted by atomic mass is 10.1. The Balaban J connectivity index is 1.87. The normalized spacial score (nSPS) is 10.2. The monoisotopic (exact) mass is 335 g/mol. The van der Waals surface area contributed by atoms with Crippen molar-refractivity contribution in [2.45, 2.75) is 13.3 Å². The second kappa shape index (κ2) is 7.74. The highest BCUT2D eigenvalue weighted by molar-refractivity contribution is 6.31. The molecule has 0 aliphatic heterocycles. The summed E-state index contributed by atoms with van der Waals surface area (Å²) in [6.07, 6.45) is 0.873. The van der Waals surface area contributed by atoms with Crippen LogP contribution in [0.25, 0.3) is 0 Å². The van der Waals surface area contributed by atoms with Gasteiger partial charge in [-0.3, -0.25) is 4.79 Å². The fourth-order valence-corrected chi connectivity index (χ4v) is 2.04. The van der Waals surface area contributed by atoms with Crippen LogP contribution >= 0.6 is 11.6 Å². The Bertz CT molecular complexity index is 716. The highest BCUT2D eigenvalue weighted by atomic mass is 35.5. The van der Waals surface area contributed by atoms with E-state index < -0.39 is 24.3 Å². The van der Waals surface area contributed by atoms with Gasteiger partial charge in [0.2, 0.25) is 0 Å². The van der Waals surface area contributed by atoms with E-state index in [4.69, 9.17) is 16.3 Å². The van der Waals surface area contributed by atoms with E-state index in [1.807, 2.05) is 19.1 Å². The molecule has 0 spiro atoms. The standard InChI is InChI=1S/C17H15ClFNO3/c1-2-11-3-5-12(6-4-11)17(22)23-10-16(21)20-13-7-8-15(19)14(18)9-13/h3-9H,2,10H2,1H3,(H,20,21). The van der Waals surface area contributed by atoms with E-state index >= 15 is 0 Å². The van der Waals surface area contributed by atoms with Crippen LogP contribution in [-0.2, 0) is 16.0 Å². The third-order valence-corrected chi connectivity index (χ3v) is 3.43. The van der Waals surface area contributed by atoms with Crippen molar-refractivity contribution in [2.24, 2.45) is 0 Å². The van der Waals surface area contributed by atoms with Gasteiger partial charge in [0.15, 0.2) is 6.61 Å². The van der Waals surface area contributed by atoms with Crippen LogP contribution in [0.15, 0.2) is 42.5 Å². The van der Waals surface area contributed by atoms with Gasteiger partial charge in [0.1, 0.15) is 5.82 Å². The smallest absolute Gasteiger partial charge is 0.338 e. The van der Waals surface area contributed by atoms with Crippen LogP contribution in [0.1, 0.15) is 22.8 Å². The first-order valence-electron chi connectivity index (χ1n) is 7.00. The Hall–Kier alpha value is -2.40. The molecular formula is C17H15ClFNO3. The molecule has 4 nitrogen and oxygen atoms in total. The summed E-state index contributed by atoms with van der Waals surface area (Å²) in [6, 6.07) is 10.7. The van der Waals surface area contributed by atoms with Crippen molar-refractivity contribution in [3.8, 4) is 0 Å². The van der Waals surface area contributed by atoms with Gasteiger partial charge >= 0.3 is 5.97 Å². The van der Waals surface area contributed by atoms with E-state index in [1.165, 1.54) is 12.1 Å². The average Bonchev–Trinajstić information content (AvgIpc) is 2.56. The maximum Gasteiger partial charge on any atom is 0.338 e. The number of hydrogen-bond donors (Lipinski definition) is 1. The van der Waals surface area contributed by atoms with Crippen molar-refractivity contribution in [2.75, 3.05) is 11.9 Å². The molecule has 0 unspecified atom stereocenters. The lowest BCUT2D eigenvalue weighted by Crippen LogP contribution is -2.21. The van der Waals surface area contributed by atoms with Crippen molar-refractivity contribution in [3.05, 3.63) is 64.4 Å². The topological polar surface area (TPSA) is 55.4 Å². The Labute approximate surface area is 138 Å². The maximum atomic E-state index is 13.0. The van der Waals surface area contributed by atoms with Crippen LogP contribution in [0.2, 0.25) is 5.02 Å². The minimum absolute atomic E-state index is 0.101. The number of carbonyl (C=O) groups is 2. The van der Waals surface area contributed by atoms with Crippen LogP contribution in [0, 0.1) is 5.82 Å². The molecule has 0 fully saturated rings. The number of benzene rings is 2. The summed E-state index contributed by atoms with van der Waals surface area (Å²) in [4.78, 5) is 23.5. The third kappa shape index (κ3) is 4.79. The zero-order valence-corrected chi connectivity index (χ0v) is 13.2. The van der Waals surface area contributed by atoms with Gasteiger partial charge < -0.3 is 10.1 Å². The summed E-state index contributed by atoms with van der Waals surface area (Å²) in [5.74, 6) is -1.70. The number of esters is 1. The van der Waals surface area contributed by atoms with Gasteiger partial charge in [-0.1, -0.05) is 30.7 Å². The molecule has 120 valence electrons. The second-order valence-electron chi connectivity index (χ2n) is 4.80. The number of aryl methyl sites for hydroxylation is 1. The number of anilines is 1. The molecule has 0 aliphatic carbocycles. The molecule has 0 saturated heterocycles. The third-order valence-electron chi connectivity index (χ3n) is 3.14. The number of amides is 1. The van der Waals surface area contributed by atoms with Crippen LogP contribution in [0.5, 0.6) is 0 Å². The quantitative estimate of drug-likeness (QED) is 0.845. The molecule has 2 rings (SSSR count). The molecule has 1 N–H and O–H groups in total. The summed E-state index contributed by atoms with van der Waals surface area (Å²) >= 11 is 5.62. The minimum atomic E-state index is -0.583. The lowest BCUT2D eigenvalue weighted by molar-refractivity contribution is -0.119. The number of ether oxygens (including phenoxy) is 1. The molecular weight excluding hydrogens is 321 g/mol. The zero-order valence-electron chi connectivity index (χ0n) is 12.4. The molecule has 1 amide bonds. The first kappa shape index (κ1) is 17.0. The Kier molecular flexibility index (Phi) is 5.71. The highest BCUT2D eigenvalue weighted by Crippen LogP contribution is 2.19. The van der Waals surface area contributed by atoms with Crippen LogP contribution in [0.4, 0.5) is 10.1 Å². The number of carbonyl (C=O) groups excluding carboxylic acids is 2. The largest absolute Gasteiger partial charge is 0.452 e. The summed E-state index contributed by atoms with van der Waals surface area (Å²) in [7, 11) is 0. The Morgan fingerprint density at radius 1 is 1.17 bits per heavy atom. The zero-order chi connectivity index (χ0) is 16.8. The van der Waals surface area contributed by atoms with Crippen LogP contribution in [0.3, 0.4) is 0 Å². The summed E-state index contributed by atoms with van der Waals surface area (Å²) in [5.41, 5.74) is 1.80. The van der Waals surface area contributed by atoms with Crippen molar-refractivity contribution in [3.63, 3.8) is 0 Å². The van der Waals surface area contributed by atoms with Gasteiger partial charge in [-0.2, -0.15) is 0 Å². The first-order valence-corrected chi connectivity index (χ1v) is 7.38. The van der Waals surface area contributed by atoms with Crippen molar-refractivity contribution in [1.29, 1.82) is 0 Å². The molecule has 0 saturated carbocycles. The fraction of sp³-hybridized carbons (Fsp3) is 0.176. The summed E-state index contributed by atoms with van der Waals surface area (Å²) in [5, 5.41) is 2.37. The van der Waals surface area contributed by atoms with Crippen molar-refractivity contribution in [1.82, 2.24) is 0 Å². The molecule has 0 aromatic heterocycles. The molecule has 0 bridgehead atoms. The van der Waals surface area contributed by atoms with Crippen molar-refractivity contribution < 1.29 is 18.7 Å². The highest BCUT2D eigenvalue weighted by Gasteiger charge is 2.11. The van der Waals surface area contributed by atoms with E-state index in [9.17, 15) is 14.0 Å². The number of hydrogen-bond acceptors (Lipinski definition) is 3. The van der Waals surface area contributed by atoms with Crippen LogP contribution in [-0.4, -0.2) is 18.5 Å². The van der Waals surface area contributed by atoms with Gasteiger partial charge in [0.05, 0.1) is 10.6 Å². The molecule has 0 radical (unpaired) electrons. The van der Waals surface area contributed by atoms with Crippen molar-refractivity contribution >= 4 is 29.2 Å². The van der Waals surface area contributed by atoms with Gasteiger partial charge in [0, 0.05) is 5.69 Å². The molecule has 2 aromatic carbocycles. The Morgan fingerprint density at radius 3 is 2.48 bits per heavy atom. The molecule has 0 aliphatic rings. The molecule has 23 heavy (non-hydrogen) atoms. The van der Waals surface area contributed by atoms with Gasteiger partial charge in [-0.05, 0) is 42.3 Å². The predicted molar refractivity (Wildman–Crippen MR) is 86.1 cm³/mol. The van der Waals surface area contributed by atoms with E-state index in [0.29, 0.717) is 11.3 Å². The summed E-state index contributed by atoms with van der Waals surface area (Å²) in [6.45, 7) is 1.57. The second-order valence-corrected chi connectivity index (χ2v) is 5.21. The molecule has 0 heterocycles. The molecule has 6 heteroatoms. The van der Waals surface area contributed by atoms with E-state index in [0.717, 1.165) is 18.1 Å². The van der Waals surface area contributed by atoms with Gasteiger partial charge in [-0.15, -0.1) is 0 Å². The van der Waals surface area contributed by atoms with Gasteiger partial charge in [0.25, 0.3) is 5.91 Å². The minimum Gasteiger partial charge on any atom is -0.452 e. The predicted octanol–water partition coefficient (Wildman–Crippen LogP) is 3.84. The molecule has 0 atom stereocenters. The average molecular weight is 336 g/mol. The summed E-state index contributed by atoms with van der Waals surface area (Å²) < 4.78 is 17.9. The lowest BCUT2D eigenvalue weighted by Gasteiger charge is -2.07. The fourth-order valence-electron chi connectivity index (χ4n) is 1.86. The number of halogens is 2. The first-order chi connectivity index (χ1) is 11.0. The van der Waals surface area contributed by atoms with Crippen LogP contribution < -0.4 is 5.32 Å². The van der Waals surface area contributed by atoms with E-state index in [2.05, 4.69) is 5.32 Å². The number of nitrogens with one attached hydrogen (secondary N) is 1. The van der Waals surface area contributed by atoms with Gasteiger partial charge in [-0.25, -0.2) is 9.18 Å².